The van der Waals surface area contributed by atoms with E-state index in [1.807, 2.05) is 23.9 Å². The maximum absolute atomic E-state index is 11.6. The van der Waals surface area contributed by atoms with Gasteiger partial charge in [-0.15, -0.1) is 0 Å². The fourth-order valence-corrected chi connectivity index (χ4v) is 4.07. The Balaban J connectivity index is 1.74. The number of sulfonamides is 1. The summed E-state index contributed by atoms with van der Waals surface area (Å²) in [5.74, 6) is 0.490. The molecule has 3 rings (SSSR count). The van der Waals surface area contributed by atoms with Crippen LogP contribution >= 0.6 is 0 Å². The van der Waals surface area contributed by atoms with E-state index in [1.165, 1.54) is 11.8 Å². The quantitative estimate of drug-likeness (QED) is 0.853. The highest BCUT2D eigenvalue weighted by atomic mass is 32.2. The highest BCUT2D eigenvalue weighted by molar-refractivity contribution is 7.88. The van der Waals surface area contributed by atoms with E-state index in [0.29, 0.717) is 19.0 Å². The molecule has 0 atom stereocenters. The van der Waals surface area contributed by atoms with Crippen molar-refractivity contribution in [3.8, 4) is 11.4 Å². The van der Waals surface area contributed by atoms with E-state index in [0.717, 1.165) is 30.7 Å². The van der Waals surface area contributed by atoms with Gasteiger partial charge in [-0.05, 0) is 42.9 Å². The molecule has 3 heterocycles. The van der Waals surface area contributed by atoms with Crippen molar-refractivity contribution < 1.29 is 8.42 Å². The van der Waals surface area contributed by atoms with Crippen LogP contribution in [0.4, 0.5) is 0 Å². The Hall–Kier alpha value is -1.73. The first kappa shape index (κ1) is 16.1. The van der Waals surface area contributed by atoms with Gasteiger partial charge in [-0.2, -0.15) is 5.10 Å². The van der Waals surface area contributed by atoms with E-state index in [2.05, 4.69) is 16.1 Å². The molecule has 1 aliphatic heterocycles. The van der Waals surface area contributed by atoms with Crippen molar-refractivity contribution in [2.45, 2.75) is 19.3 Å². The maximum Gasteiger partial charge on any atom is 0.211 e. The van der Waals surface area contributed by atoms with E-state index in [9.17, 15) is 8.42 Å². The highest BCUT2D eigenvalue weighted by Crippen LogP contribution is 2.27. The second-order valence-electron chi connectivity index (χ2n) is 6.16. The van der Waals surface area contributed by atoms with Gasteiger partial charge in [0.15, 0.2) is 0 Å². The molecule has 1 aliphatic rings. The molecule has 0 radical (unpaired) electrons. The first-order valence-electron chi connectivity index (χ1n) is 7.82. The van der Waals surface area contributed by atoms with Crippen molar-refractivity contribution in [1.29, 1.82) is 0 Å². The molecule has 23 heavy (non-hydrogen) atoms. The summed E-state index contributed by atoms with van der Waals surface area (Å²) in [6.07, 6.45) is 7.58. The lowest BCUT2D eigenvalue weighted by Gasteiger charge is -2.30. The highest BCUT2D eigenvalue weighted by Gasteiger charge is 2.25. The smallest absolute Gasteiger partial charge is 0.211 e. The lowest BCUT2D eigenvalue weighted by molar-refractivity contribution is 0.274. The Labute approximate surface area is 137 Å². The predicted octanol–water partition coefficient (Wildman–Crippen LogP) is 1.70. The fraction of sp³-hybridized carbons (Fsp3) is 0.500. The van der Waals surface area contributed by atoms with Crippen LogP contribution < -0.4 is 0 Å². The van der Waals surface area contributed by atoms with Crippen LogP contribution in [0.2, 0.25) is 0 Å². The van der Waals surface area contributed by atoms with Crippen LogP contribution in [0, 0.1) is 5.92 Å². The number of pyridine rings is 1. The first-order chi connectivity index (χ1) is 10.9. The molecule has 124 valence electrons. The van der Waals surface area contributed by atoms with Gasteiger partial charge >= 0.3 is 0 Å². The second kappa shape index (κ2) is 6.41. The van der Waals surface area contributed by atoms with Gasteiger partial charge in [0.2, 0.25) is 10.0 Å². The summed E-state index contributed by atoms with van der Waals surface area (Å²) in [5.41, 5.74) is 3.18. The minimum absolute atomic E-state index is 0.490. The summed E-state index contributed by atoms with van der Waals surface area (Å²) in [7, 11) is -1.15. The molecule has 1 fully saturated rings. The lowest BCUT2D eigenvalue weighted by atomic mass is 9.90. The molecule has 0 amide bonds. The molecule has 0 unspecified atom stereocenters. The van der Waals surface area contributed by atoms with Gasteiger partial charge in [0.05, 0.1) is 17.6 Å². The van der Waals surface area contributed by atoms with Crippen molar-refractivity contribution in [1.82, 2.24) is 19.1 Å². The van der Waals surface area contributed by atoms with Gasteiger partial charge in [0, 0.05) is 32.5 Å². The van der Waals surface area contributed by atoms with Crippen LogP contribution in [0.5, 0.6) is 0 Å². The molecular weight excluding hydrogens is 312 g/mol. The van der Waals surface area contributed by atoms with Crippen LogP contribution in [0.1, 0.15) is 18.4 Å². The summed E-state index contributed by atoms with van der Waals surface area (Å²) in [6.45, 7) is 1.23. The number of piperidine rings is 1. The van der Waals surface area contributed by atoms with Crippen molar-refractivity contribution in [3.05, 3.63) is 36.2 Å². The van der Waals surface area contributed by atoms with Gasteiger partial charge in [-0.25, -0.2) is 12.7 Å². The van der Waals surface area contributed by atoms with E-state index in [-0.39, 0.29) is 0 Å². The SMILES string of the molecule is Cn1nccc1-c1ncccc1CC1CCN(S(C)(=O)=O)CC1. The molecule has 0 spiro atoms. The van der Waals surface area contributed by atoms with Crippen LogP contribution in [0.15, 0.2) is 30.6 Å². The average molecular weight is 334 g/mol. The molecule has 6 nitrogen and oxygen atoms in total. The van der Waals surface area contributed by atoms with E-state index in [4.69, 9.17) is 0 Å². The van der Waals surface area contributed by atoms with E-state index in [1.54, 1.807) is 16.7 Å². The van der Waals surface area contributed by atoms with Crippen molar-refractivity contribution in [2.75, 3.05) is 19.3 Å². The Morgan fingerprint density at radius 3 is 2.57 bits per heavy atom. The Bertz CT molecular complexity index is 777. The third-order valence-electron chi connectivity index (χ3n) is 4.51. The number of aryl methyl sites for hydroxylation is 1. The third kappa shape index (κ3) is 3.61. The number of hydrogen-bond donors (Lipinski definition) is 0. The Morgan fingerprint density at radius 1 is 1.22 bits per heavy atom. The molecule has 0 bridgehead atoms. The summed E-state index contributed by atoms with van der Waals surface area (Å²) < 4.78 is 26.6. The van der Waals surface area contributed by atoms with Gasteiger partial charge in [-0.3, -0.25) is 9.67 Å². The standard InChI is InChI=1S/C16H22N4O2S/c1-19-15(5-9-18-19)16-14(4-3-8-17-16)12-13-6-10-20(11-7-13)23(2,21)22/h3-5,8-9,13H,6-7,10-12H2,1-2H3. The zero-order valence-corrected chi connectivity index (χ0v) is 14.3. The minimum atomic E-state index is -3.06. The van der Waals surface area contributed by atoms with Gasteiger partial charge in [0.25, 0.3) is 0 Å². The van der Waals surface area contributed by atoms with Gasteiger partial charge in [0.1, 0.15) is 0 Å². The van der Waals surface area contributed by atoms with Crippen LogP contribution in [0.25, 0.3) is 11.4 Å². The van der Waals surface area contributed by atoms with Crippen LogP contribution in [-0.2, 0) is 23.5 Å². The molecule has 2 aromatic rings. The monoisotopic (exact) mass is 334 g/mol. The molecule has 0 saturated carbocycles. The number of aromatic nitrogens is 3. The predicted molar refractivity (Wildman–Crippen MR) is 89.3 cm³/mol. The topological polar surface area (TPSA) is 68.1 Å². The van der Waals surface area contributed by atoms with E-state index >= 15 is 0 Å². The molecule has 0 aliphatic carbocycles. The number of hydrogen-bond acceptors (Lipinski definition) is 4. The molecule has 2 aromatic heterocycles. The van der Waals surface area contributed by atoms with Crippen LogP contribution in [0.3, 0.4) is 0 Å². The zero-order chi connectivity index (χ0) is 16.4. The van der Waals surface area contributed by atoms with E-state index < -0.39 is 10.0 Å². The summed E-state index contributed by atoms with van der Waals surface area (Å²) in [4.78, 5) is 4.53. The van der Waals surface area contributed by atoms with Crippen LogP contribution in [-0.4, -0.2) is 46.8 Å². The molecule has 0 N–H and O–H groups in total. The Morgan fingerprint density at radius 2 is 1.96 bits per heavy atom. The second-order valence-corrected chi connectivity index (χ2v) is 8.14. The molecule has 0 aromatic carbocycles. The molecule has 7 heteroatoms. The largest absolute Gasteiger partial charge is 0.266 e. The number of nitrogens with zero attached hydrogens (tertiary/aromatic N) is 4. The van der Waals surface area contributed by atoms with Gasteiger partial charge in [-0.1, -0.05) is 6.07 Å². The van der Waals surface area contributed by atoms with Crippen molar-refractivity contribution in [3.63, 3.8) is 0 Å². The van der Waals surface area contributed by atoms with Gasteiger partial charge < -0.3 is 0 Å². The zero-order valence-electron chi connectivity index (χ0n) is 13.5. The van der Waals surface area contributed by atoms with Crippen molar-refractivity contribution >= 4 is 10.0 Å². The summed E-state index contributed by atoms with van der Waals surface area (Å²) >= 11 is 0. The van der Waals surface area contributed by atoms with Crippen molar-refractivity contribution in [2.24, 2.45) is 13.0 Å². The average Bonchev–Trinajstić information content (AvgIpc) is 2.93. The summed E-state index contributed by atoms with van der Waals surface area (Å²) in [6, 6.07) is 6.04. The Kier molecular flexibility index (Phi) is 4.50. The normalized spacial score (nSPS) is 17.5. The molecule has 1 saturated heterocycles. The third-order valence-corrected chi connectivity index (χ3v) is 5.81. The first-order valence-corrected chi connectivity index (χ1v) is 9.67. The molecular formula is C16H22N4O2S. The maximum atomic E-state index is 11.6. The number of rotatable bonds is 4. The fourth-order valence-electron chi connectivity index (χ4n) is 3.20. The minimum Gasteiger partial charge on any atom is -0.266 e. The summed E-state index contributed by atoms with van der Waals surface area (Å²) in [5, 5.41) is 4.22. The lowest BCUT2D eigenvalue weighted by Crippen LogP contribution is -2.38.